The van der Waals surface area contributed by atoms with Crippen LogP contribution in [0.25, 0.3) is 0 Å². The number of carbonyl (C=O) groups excluding carboxylic acids is 1. The van der Waals surface area contributed by atoms with Crippen molar-refractivity contribution < 1.29 is 9.53 Å². The van der Waals surface area contributed by atoms with Gasteiger partial charge >= 0.3 is 0 Å². The Hall–Kier alpha value is -1.94. The molecule has 0 atom stereocenters. The lowest BCUT2D eigenvalue weighted by Crippen LogP contribution is -2.20. The lowest BCUT2D eigenvalue weighted by atomic mass is 10.1. The molecular formula is C20H25NO2S. The summed E-state index contributed by atoms with van der Waals surface area (Å²) >= 11 is 1.85. The number of hydrogen-bond acceptors (Lipinski definition) is 3. The van der Waals surface area contributed by atoms with E-state index in [4.69, 9.17) is 4.74 Å². The third-order valence-electron chi connectivity index (χ3n) is 3.66. The highest BCUT2D eigenvalue weighted by atomic mass is 32.2. The van der Waals surface area contributed by atoms with Crippen molar-refractivity contribution in [3.8, 4) is 5.75 Å². The molecule has 0 unspecified atom stereocenters. The number of rotatable bonds is 8. The Balaban J connectivity index is 1.84. The summed E-state index contributed by atoms with van der Waals surface area (Å²) in [5.41, 5.74) is 2.87. The number of thioether (sulfide) groups is 1. The molecule has 0 aromatic heterocycles. The highest BCUT2D eigenvalue weighted by molar-refractivity contribution is 7.99. The molecule has 24 heavy (non-hydrogen) atoms. The molecule has 0 heterocycles. The summed E-state index contributed by atoms with van der Waals surface area (Å²) in [6.45, 7) is 6.17. The number of carbonyl (C=O) groups is 1. The second-order valence-corrected chi connectivity index (χ2v) is 6.95. The lowest BCUT2D eigenvalue weighted by molar-refractivity contribution is -0.118. The second kappa shape index (κ2) is 9.38. The number of para-hydroxylation sites is 1. The zero-order valence-corrected chi connectivity index (χ0v) is 15.4. The molecule has 4 heteroatoms. The maximum absolute atomic E-state index is 12.1. The molecule has 2 aromatic carbocycles. The van der Waals surface area contributed by atoms with E-state index in [0.717, 1.165) is 28.3 Å². The van der Waals surface area contributed by atoms with Crippen molar-refractivity contribution in [2.45, 2.75) is 38.5 Å². The van der Waals surface area contributed by atoms with Crippen molar-refractivity contribution >= 4 is 23.4 Å². The van der Waals surface area contributed by atoms with Gasteiger partial charge in [-0.05, 0) is 61.4 Å². The Morgan fingerprint density at radius 3 is 2.38 bits per heavy atom. The molecule has 3 nitrogen and oxygen atoms in total. The molecule has 0 saturated carbocycles. The van der Waals surface area contributed by atoms with Crippen molar-refractivity contribution in [1.29, 1.82) is 0 Å². The quantitative estimate of drug-likeness (QED) is 0.528. The zero-order valence-electron chi connectivity index (χ0n) is 14.6. The Morgan fingerprint density at radius 1 is 1.08 bits per heavy atom. The van der Waals surface area contributed by atoms with E-state index in [1.165, 1.54) is 17.7 Å². The first kappa shape index (κ1) is 18.4. The molecule has 2 rings (SSSR count). The maximum atomic E-state index is 12.1. The van der Waals surface area contributed by atoms with Crippen LogP contribution in [0.3, 0.4) is 0 Å². The molecule has 2 aromatic rings. The summed E-state index contributed by atoms with van der Waals surface area (Å²) in [4.78, 5) is 13.3. The summed E-state index contributed by atoms with van der Waals surface area (Å²) in [5, 5.41) is 2.87. The summed E-state index contributed by atoms with van der Waals surface area (Å²) in [5.74, 6) is 1.77. The maximum Gasteiger partial charge on any atom is 0.262 e. The number of anilines is 1. The van der Waals surface area contributed by atoms with Crippen LogP contribution < -0.4 is 10.1 Å². The molecular weight excluding hydrogens is 318 g/mol. The molecule has 1 N–H and O–H groups in total. The first-order chi connectivity index (χ1) is 11.6. The summed E-state index contributed by atoms with van der Waals surface area (Å²) in [7, 11) is 0. The van der Waals surface area contributed by atoms with Crippen LogP contribution >= 0.6 is 11.8 Å². The number of amides is 1. The van der Waals surface area contributed by atoms with Gasteiger partial charge in [0.15, 0.2) is 6.61 Å². The predicted octanol–water partition coefficient (Wildman–Crippen LogP) is 5.21. The molecule has 0 saturated heterocycles. The molecule has 0 aliphatic rings. The molecule has 0 radical (unpaired) electrons. The van der Waals surface area contributed by atoms with Gasteiger partial charge in [0.2, 0.25) is 0 Å². The van der Waals surface area contributed by atoms with Crippen LogP contribution in [-0.4, -0.2) is 18.3 Å². The van der Waals surface area contributed by atoms with Crippen molar-refractivity contribution in [3.63, 3.8) is 0 Å². The molecule has 0 bridgehead atoms. The predicted molar refractivity (Wildman–Crippen MR) is 102 cm³/mol. The van der Waals surface area contributed by atoms with Crippen molar-refractivity contribution in [2.24, 2.45) is 0 Å². The number of unbranched alkanes of at least 4 members (excludes halogenated alkanes) is 1. The van der Waals surface area contributed by atoms with Gasteiger partial charge in [-0.25, -0.2) is 0 Å². The highest BCUT2D eigenvalue weighted by Gasteiger charge is 2.07. The number of nitrogens with one attached hydrogen (secondary N) is 1. The normalized spacial score (nSPS) is 10.5. The van der Waals surface area contributed by atoms with Gasteiger partial charge in [-0.3, -0.25) is 4.79 Å². The van der Waals surface area contributed by atoms with Crippen molar-refractivity contribution in [1.82, 2.24) is 0 Å². The van der Waals surface area contributed by atoms with Gasteiger partial charge in [0.1, 0.15) is 5.75 Å². The minimum Gasteiger partial charge on any atom is -0.483 e. The fourth-order valence-corrected chi connectivity index (χ4v) is 3.33. The first-order valence-corrected chi connectivity index (χ1v) is 9.30. The molecule has 0 aliphatic heterocycles. The summed E-state index contributed by atoms with van der Waals surface area (Å²) < 4.78 is 5.67. The number of hydrogen-bond donors (Lipinski definition) is 1. The average molecular weight is 343 g/mol. The van der Waals surface area contributed by atoms with Crippen LogP contribution in [-0.2, 0) is 4.79 Å². The molecule has 0 fully saturated rings. The van der Waals surface area contributed by atoms with Crippen LogP contribution in [0.1, 0.15) is 30.9 Å². The largest absolute Gasteiger partial charge is 0.483 e. The van der Waals surface area contributed by atoms with Gasteiger partial charge in [-0.1, -0.05) is 31.5 Å². The number of benzene rings is 2. The van der Waals surface area contributed by atoms with E-state index in [1.807, 2.05) is 68.1 Å². The van der Waals surface area contributed by atoms with E-state index in [9.17, 15) is 4.79 Å². The van der Waals surface area contributed by atoms with Gasteiger partial charge in [-0.15, -0.1) is 11.8 Å². The fraction of sp³-hybridized carbons (Fsp3) is 0.350. The number of ether oxygens (including phenoxy) is 1. The third kappa shape index (κ3) is 5.60. The molecule has 128 valence electrons. The van der Waals surface area contributed by atoms with Crippen LogP contribution in [0.5, 0.6) is 5.75 Å². The Kier molecular flexibility index (Phi) is 7.19. The number of aryl methyl sites for hydroxylation is 2. The van der Waals surface area contributed by atoms with Crippen molar-refractivity contribution in [3.05, 3.63) is 53.6 Å². The molecule has 0 spiro atoms. The molecule has 0 aliphatic carbocycles. The summed E-state index contributed by atoms with van der Waals surface area (Å²) in [6.07, 6.45) is 2.43. The summed E-state index contributed by atoms with van der Waals surface area (Å²) in [6, 6.07) is 13.9. The zero-order chi connectivity index (χ0) is 17.4. The van der Waals surface area contributed by atoms with Crippen LogP contribution in [0, 0.1) is 13.8 Å². The monoisotopic (exact) mass is 343 g/mol. The van der Waals surface area contributed by atoms with Gasteiger partial charge in [-0.2, -0.15) is 0 Å². The third-order valence-corrected chi connectivity index (χ3v) is 4.76. The lowest BCUT2D eigenvalue weighted by Gasteiger charge is -2.12. The fourth-order valence-electron chi connectivity index (χ4n) is 2.33. The Bertz CT molecular complexity index is 648. The van der Waals surface area contributed by atoms with Crippen LogP contribution in [0.4, 0.5) is 5.69 Å². The molecule has 1 amide bonds. The van der Waals surface area contributed by atoms with Crippen molar-refractivity contribution in [2.75, 3.05) is 17.7 Å². The average Bonchev–Trinajstić information content (AvgIpc) is 2.56. The van der Waals surface area contributed by atoms with E-state index in [1.54, 1.807) is 0 Å². The van der Waals surface area contributed by atoms with Gasteiger partial charge in [0, 0.05) is 10.6 Å². The van der Waals surface area contributed by atoms with E-state index < -0.39 is 0 Å². The topological polar surface area (TPSA) is 38.3 Å². The van der Waals surface area contributed by atoms with Gasteiger partial charge in [0.25, 0.3) is 5.91 Å². The Morgan fingerprint density at radius 2 is 1.75 bits per heavy atom. The Labute approximate surface area is 148 Å². The first-order valence-electron chi connectivity index (χ1n) is 8.32. The van der Waals surface area contributed by atoms with Crippen LogP contribution in [0.2, 0.25) is 0 Å². The SMILES string of the molecule is CCCCSc1ccc(NC(=O)COc2c(C)cccc2C)cc1. The van der Waals surface area contributed by atoms with Gasteiger partial charge < -0.3 is 10.1 Å². The van der Waals surface area contributed by atoms with Gasteiger partial charge in [0.05, 0.1) is 0 Å². The smallest absolute Gasteiger partial charge is 0.262 e. The minimum absolute atomic E-state index is 0.0126. The van der Waals surface area contributed by atoms with E-state index in [2.05, 4.69) is 12.2 Å². The minimum atomic E-state index is -0.149. The van der Waals surface area contributed by atoms with E-state index in [-0.39, 0.29) is 12.5 Å². The van der Waals surface area contributed by atoms with E-state index >= 15 is 0 Å². The highest BCUT2D eigenvalue weighted by Crippen LogP contribution is 2.23. The second-order valence-electron chi connectivity index (χ2n) is 5.78. The standard InChI is InChI=1S/C20H25NO2S/c1-4-5-13-24-18-11-9-17(10-12-18)21-19(22)14-23-20-15(2)7-6-8-16(20)3/h6-12H,4-5,13-14H2,1-3H3,(H,21,22). The van der Waals surface area contributed by atoms with Crippen LogP contribution in [0.15, 0.2) is 47.4 Å². The van der Waals surface area contributed by atoms with E-state index in [0.29, 0.717) is 0 Å².